The molecule has 0 spiro atoms. The molecular formula is C27H24N2O6. The van der Waals surface area contributed by atoms with Crippen molar-refractivity contribution in [1.82, 2.24) is 9.13 Å². The Hall–Kier alpha value is -4.72. The Morgan fingerprint density at radius 1 is 0.886 bits per heavy atom. The van der Waals surface area contributed by atoms with Crippen LogP contribution in [0.4, 0.5) is 0 Å². The molecule has 0 amide bonds. The Morgan fingerprint density at radius 3 is 2.17 bits per heavy atom. The minimum Gasteiger partial charge on any atom is -0.508 e. The van der Waals surface area contributed by atoms with E-state index in [-0.39, 0.29) is 5.75 Å². The molecule has 0 bridgehead atoms. The Bertz CT molecular complexity index is 1430. The molecule has 4 rings (SSSR count). The van der Waals surface area contributed by atoms with Crippen LogP contribution in [0.25, 0.3) is 23.0 Å². The van der Waals surface area contributed by atoms with Crippen molar-refractivity contribution >= 4 is 12.0 Å². The number of methoxy groups -OCH3 is 3. The maximum Gasteiger partial charge on any atom is 0.340 e. The summed E-state index contributed by atoms with van der Waals surface area (Å²) in [6.07, 6.45) is 4.42. The van der Waals surface area contributed by atoms with Gasteiger partial charge in [-0.05, 0) is 48.0 Å². The summed E-state index contributed by atoms with van der Waals surface area (Å²) >= 11 is 0. The van der Waals surface area contributed by atoms with Crippen molar-refractivity contribution in [3.05, 3.63) is 95.1 Å². The zero-order valence-corrected chi connectivity index (χ0v) is 19.5. The van der Waals surface area contributed by atoms with E-state index in [1.807, 2.05) is 18.2 Å². The van der Waals surface area contributed by atoms with Crippen LogP contribution in [-0.2, 0) is 0 Å². The van der Waals surface area contributed by atoms with Crippen LogP contribution in [0.2, 0.25) is 0 Å². The number of hydrogen-bond donors (Lipinski definition) is 1. The van der Waals surface area contributed by atoms with E-state index in [4.69, 9.17) is 14.2 Å². The average molecular weight is 472 g/mol. The fourth-order valence-corrected chi connectivity index (χ4v) is 3.74. The van der Waals surface area contributed by atoms with Crippen LogP contribution in [0.1, 0.15) is 10.4 Å². The van der Waals surface area contributed by atoms with E-state index in [1.54, 1.807) is 42.6 Å². The molecule has 1 aromatic heterocycles. The average Bonchev–Trinajstić information content (AvgIpc) is 3.23. The second kappa shape index (κ2) is 10.0. The zero-order chi connectivity index (χ0) is 24.9. The van der Waals surface area contributed by atoms with Crippen LogP contribution in [0.3, 0.4) is 0 Å². The van der Waals surface area contributed by atoms with E-state index < -0.39 is 11.6 Å². The highest BCUT2D eigenvalue weighted by Gasteiger charge is 2.22. The number of benzene rings is 3. The van der Waals surface area contributed by atoms with Gasteiger partial charge in [0.1, 0.15) is 5.75 Å². The Labute approximate surface area is 201 Å². The van der Waals surface area contributed by atoms with Gasteiger partial charge in [0.15, 0.2) is 11.5 Å². The number of imidazole rings is 1. The molecule has 0 radical (unpaired) electrons. The highest BCUT2D eigenvalue weighted by molar-refractivity contribution is 5.96. The molecule has 0 saturated heterocycles. The molecule has 8 heteroatoms. The van der Waals surface area contributed by atoms with Crippen LogP contribution < -0.4 is 19.9 Å². The number of allylic oxidation sites excluding steroid dienone is 1. The number of carbonyl (C=O) groups is 1. The number of carbonyl (C=O) groups excluding carboxylic acids is 1. The molecule has 0 fully saturated rings. The first kappa shape index (κ1) is 23.4. The van der Waals surface area contributed by atoms with Crippen molar-refractivity contribution in [3.63, 3.8) is 0 Å². The van der Waals surface area contributed by atoms with Gasteiger partial charge in [0.2, 0.25) is 5.75 Å². The molecule has 1 heterocycles. The minimum absolute atomic E-state index is 0.0742. The number of phenols is 1. The summed E-state index contributed by atoms with van der Waals surface area (Å²) in [5.41, 5.74) is 1.54. The summed E-state index contributed by atoms with van der Waals surface area (Å²) < 4.78 is 18.8. The second-order valence-electron chi connectivity index (χ2n) is 7.52. The maximum absolute atomic E-state index is 13.4. The third kappa shape index (κ3) is 4.67. The smallest absolute Gasteiger partial charge is 0.340 e. The molecule has 1 N–H and O–H groups in total. The van der Waals surface area contributed by atoms with Crippen molar-refractivity contribution in [3.8, 4) is 39.9 Å². The van der Waals surface area contributed by atoms with Crippen LogP contribution in [-0.4, -0.2) is 41.5 Å². The number of para-hydroxylation sites is 1. The fraction of sp³-hybridized carbons (Fsp3) is 0.111. The van der Waals surface area contributed by atoms with Crippen molar-refractivity contribution in [2.75, 3.05) is 21.3 Å². The van der Waals surface area contributed by atoms with Crippen LogP contribution in [0.15, 0.2) is 83.8 Å². The summed E-state index contributed by atoms with van der Waals surface area (Å²) in [7, 11) is 4.48. The normalized spacial score (nSPS) is 10.9. The van der Waals surface area contributed by atoms with E-state index in [0.717, 1.165) is 4.57 Å². The largest absolute Gasteiger partial charge is 0.508 e. The molecule has 0 aliphatic rings. The fourth-order valence-electron chi connectivity index (χ4n) is 3.74. The Kier molecular flexibility index (Phi) is 6.73. The van der Waals surface area contributed by atoms with Crippen molar-refractivity contribution in [1.29, 1.82) is 0 Å². The van der Waals surface area contributed by atoms with Crippen LogP contribution in [0.5, 0.6) is 23.0 Å². The Balaban J connectivity index is 1.90. The van der Waals surface area contributed by atoms with Crippen LogP contribution in [0, 0.1) is 0 Å². The van der Waals surface area contributed by atoms with Gasteiger partial charge in [-0.25, -0.2) is 9.36 Å². The molecule has 0 unspecified atom stereocenters. The minimum atomic E-state index is -0.559. The van der Waals surface area contributed by atoms with E-state index in [1.165, 1.54) is 50.2 Å². The molecule has 3 aromatic carbocycles. The highest BCUT2D eigenvalue weighted by atomic mass is 16.5. The molecule has 178 valence electrons. The lowest BCUT2D eigenvalue weighted by molar-refractivity contribution is 0.0967. The maximum atomic E-state index is 13.4. The molecule has 4 aromatic rings. The summed E-state index contributed by atoms with van der Waals surface area (Å²) in [6, 6.07) is 18.8. The van der Waals surface area contributed by atoms with Gasteiger partial charge in [-0.1, -0.05) is 30.3 Å². The third-order valence-corrected chi connectivity index (χ3v) is 5.39. The molecule has 8 nitrogen and oxygen atoms in total. The first-order chi connectivity index (χ1) is 17.0. The summed E-state index contributed by atoms with van der Waals surface area (Å²) in [6.45, 7) is 0. The van der Waals surface area contributed by atoms with Crippen molar-refractivity contribution in [2.45, 2.75) is 0 Å². The lowest BCUT2D eigenvalue weighted by Crippen LogP contribution is -2.27. The van der Waals surface area contributed by atoms with E-state index in [9.17, 15) is 14.7 Å². The van der Waals surface area contributed by atoms with Gasteiger partial charge in [0.05, 0.1) is 32.7 Å². The summed E-state index contributed by atoms with van der Waals surface area (Å²) in [5.74, 6) is 0.680. The quantitative estimate of drug-likeness (QED) is 0.401. The van der Waals surface area contributed by atoms with Crippen LogP contribution >= 0.6 is 0 Å². The predicted molar refractivity (Wildman–Crippen MR) is 133 cm³/mol. The number of aromatic hydroxyl groups is 1. The van der Waals surface area contributed by atoms with Crippen molar-refractivity contribution < 1.29 is 24.1 Å². The lowest BCUT2D eigenvalue weighted by Gasteiger charge is -2.14. The first-order valence-electron chi connectivity index (χ1n) is 10.7. The van der Waals surface area contributed by atoms with Crippen molar-refractivity contribution in [2.24, 2.45) is 0 Å². The number of nitrogens with zero attached hydrogens (tertiary/aromatic N) is 2. The molecule has 0 atom stereocenters. The number of rotatable bonds is 7. The Morgan fingerprint density at radius 2 is 1.57 bits per heavy atom. The van der Waals surface area contributed by atoms with Gasteiger partial charge in [0.25, 0.3) is 5.91 Å². The van der Waals surface area contributed by atoms with Gasteiger partial charge in [-0.15, -0.1) is 0 Å². The zero-order valence-electron chi connectivity index (χ0n) is 19.5. The van der Waals surface area contributed by atoms with Gasteiger partial charge in [0, 0.05) is 17.8 Å². The standard InChI is InChI=1S/C27H24N2O6/c1-33-23-15-19(16-24(34-2)26(23)35-3)22-17-28(20-9-5-4-6-10-20)27(32)29(22)25(31)13-12-18-8-7-11-21(30)14-18/h4-17,30H,1-3H3/b13-12+. The summed E-state index contributed by atoms with van der Waals surface area (Å²) in [4.78, 5) is 26.8. The number of hydrogen-bond acceptors (Lipinski definition) is 6. The monoisotopic (exact) mass is 472 g/mol. The van der Waals surface area contributed by atoms with Gasteiger partial charge < -0.3 is 19.3 Å². The predicted octanol–water partition coefficient (Wildman–Crippen LogP) is 4.39. The van der Waals surface area contributed by atoms with E-state index >= 15 is 0 Å². The lowest BCUT2D eigenvalue weighted by atomic mass is 10.1. The van der Waals surface area contributed by atoms with Gasteiger partial charge in [-0.2, -0.15) is 0 Å². The van der Waals surface area contributed by atoms with Gasteiger partial charge in [-0.3, -0.25) is 9.36 Å². The number of ether oxygens (including phenoxy) is 3. The van der Waals surface area contributed by atoms with Gasteiger partial charge >= 0.3 is 5.69 Å². The number of phenolic OH excluding ortho intramolecular Hbond substituents is 1. The molecule has 35 heavy (non-hydrogen) atoms. The molecular weight excluding hydrogens is 448 g/mol. The van der Waals surface area contributed by atoms with E-state index in [2.05, 4.69) is 0 Å². The van der Waals surface area contributed by atoms with E-state index in [0.29, 0.717) is 39.8 Å². The summed E-state index contributed by atoms with van der Waals surface area (Å²) in [5, 5.41) is 9.69. The third-order valence-electron chi connectivity index (χ3n) is 5.39. The molecule has 0 saturated carbocycles. The second-order valence-corrected chi connectivity index (χ2v) is 7.52. The number of aromatic nitrogens is 2. The molecule has 0 aliphatic heterocycles. The highest BCUT2D eigenvalue weighted by Crippen LogP contribution is 2.41. The SMILES string of the molecule is COc1cc(-c2cn(-c3ccccc3)c(=O)n2C(=O)/C=C/c2cccc(O)c2)cc(OC)c1OC. The first-order valence-corrected chi connectivity index (χ1v) is 10.7. The topological polar surface area (TPSA) is 91.9 Å². The molecule has 0 aliphatic carbocycles.